The van der Waals surface area contributed by atoms with Crippen molar-refractivity contribution in [2.24, 2.45) is 0 Å². The van der Waals surface area contributed by atoms with Gasteiger partial charge in [0.15, 0.2) is 0 Å². The third kappa shape index (κ3) is 3.57. The number of aryl methyl sites for hydroxylation is 1. The highest BCUT2D eigenvalue weighted by atomic mass is 79.9. The number of halogens is 1. The number of benzene rings is 1. The van der Waals surface area contributed by atoms with E-state index in [9.17, 15) is 8.42 Å². The molecule has 1 rings (SSSR count). The Morgan fingerprint density at radius 3 is 2.62 bits per heavy atom. The molecule has 0 unspecified atom stereocenters. The van der Waals surface area contributed by atoms with Crippen LogP contribution in [0.2, 0.25) is 0 Å². The minimum atomic E-state index is -3.35. The number of unbranched alkanes of at least 4 members (excludes halogenated alkanes) is 1. The molecule has 0 amide bonds. The zero-order valence-electron chi connectivity index (χ0n) is 9.46. The van der Waals surface area contributed by atoms with Crippen molar-refractivity contribution in [1.29, 1.82) is 0 Å². The molecule has 0 spiro atoms. The highest BCUT2D eigenvalue weighted by Crippen LogP contribution is 2.20. The molecule has 0 fully saturated rings. The topological polar surface area (TPSA) is 46.2 Å². The van der Waals surface area contributed by atoms with Gasteiger partial charge in [-0.05, 0) is 31.0 Å². The maximum absolute atomic E-state index is 11.8. The lowest BCUT2D eigenvalue weighted by molar-refractivity contribution is 0.578. The molecule has 1 aromatic carbocycles. The van der Waals surface area contributed by atoms with Gasteiger partial charge in [0.2, 0.25) is 10.0 Å². The van der Waals surface area contributed by atoms with Gasteiger partial charge >= 0.3 is 0 Å². The van der Waals surface area contributed by atoms with E-state index in [1.807, 2.05) is 13.8 Å². The molecule has 3 nitrogen and oxygen atoms in total. The van der Waals surface area contributed by atoms with E-state index in [1.165, 1.54) is 0 Å². The van der Waals surface area contributed by atoms with Crippen LogP contribution in [0.25, 0.3) is 0 Å². The Morgan fingerprint density at radius 1 is 1.38 bits per heavy atom. The van der Waals surface area contributed by atoms with Gasteiger partial charge in [-0.3, -0.25) is 0 Å². The van der Waals surface area contributed by atoms with Crippen molar-refractivity contribution in [3.05, 3.63) is 28.2 Å². The fourth-order valence-electron chi connectivity index (χ4n) is 1.21. The smallest absolute Gasteiger partial charge is 0.211 e. The zero-order valence-corrected chi connectivity index (χ0v) is 11.9. The Kier molecular flexibility index (Phi) is 4.95. The number of sulfonamides is 1. The molecular weight excluding hydrogens is 290 g/mol. The normalized spacial score (nSPS) is 11.7. The van der Waals surface area contributed by atoms with Crippen LogP contribution in [0, 0.1) is 6.92 Å². The number of hydrogen-bond donors (Lipinski definition) is 1. The fraction of sp³-hybridized carbons (Fsp3) is 0.455. The van der Waals surface area contributed by atoms with Crippen LogP contribution in [0.1, 0.15) is 25.3 Å². The highest BCUT2D eigenvalue weighted by molar-refractivity contribution is 9.10. The van der Waals surface area contributed by atoms with Crippen molar-refractivity contribution in [3.8, 4) is 0 Å². The van der Waals surface area contributed by atoms with Crippen molar-refractivity contribution < 1.29 is 8.42 Å². The number of nitrogens with one attached hydrogen (secondary N) is 1. The largest absolute Gasteiger partial charge is 0.240 e. The van der Waals surface area contributed by atoms with Crippen molar-refractivity contribution in [2.75, 3.05) is 6.54 Å². The molecule has 0 saturated carbocycles. The Balaban J connectivity index is 2.86. The summed E-state index contributed by atoms with van der Waals surface area (Å²) in [5, 5.41) is 0. The molecule has 0 aliphatic rings. The molecule has 0 aliphatic heterocycles. The third-order valence-electron chi connectivity index (χ3n) is 2.28. The van der Waals surface area contributed by atoms with E-state index in [-0.39, 0.29) is 0 Å². The second-order valence-corrected chi connectivity index (χ2v) is 6.28. The average Bonchev–Trinajstić information content (AvgIpc) is 2.22. The summed E-state index contributed by atoms with van der Waals surface area (Å²) in [4.78, 5) is 0.307. The maximum Gasteiger partial charge on any atom is 0.240 e. The first-order valence-corrected chi connectivity index (χ1v) is 7.51. The molecule has 0 bridgehead atoms. The molecule has 0 radical (unpaired) electrons. The van der Waals surface area contributed by atoms with Crippen LogP contribution in [0.15, 0.2) is 27.6 Å². The van der Waals surface area contributed by atoms with Crippen molar-refractivity contribution in [1.82, 2.24) is 4.72 Å². The molecule has 0 aromatic heterocycles. The van der Waals surface area contributed by atoms with Crippen LogP contribution >= 0.6 is 15.9 Å². The molecular formula is C11H16BrNO2S. The van der Waals surface area contributed by atoms with Crippen molar-refractivity contribution in [3.63, 3.8) is 0 Å². The second-order valence-electron chi connectivity index (χ2n) is 3.66. The average molecular weight is 306 g/mol. The Labute approximate surface area is 105 Å². The molecule has 1 N–H and O–H groups in total. The SMILES string of the molecule is CCCCNS(=O)(=O)c1ccc(C)c(Br)c1. The maximum atomic E-state index is 11.8. The first-order chi connectivity index (χ1) is 7.47. The summed E-state index contributed by atoms with van der Waals surface area (Å²) < 4.78 is 27.1. The van der Waals surface area contributed by atoms with Gasteiger partial charge in [-0.2, -0.15) is 0 Å². The van der Waals surface area contributed by atoms with E-state index in [0.717, 1.165) is 22.9 Å². The monoisotopic (exact) mass is 305 g/mol. The minimum Gasteiger partial charge on any atom is -0.211 e. The fourth-order valence-corrected chi connectivity index (χ4v) is 2.84. The summed E-state index contributed by atoms with van der Waals surface area (Å²) in [7, 11) is -3.35. The van der Waals surface area contributed by atoms with E-state index in [0.29, 0.717) is 11.4 Å². The van der Waals surface area contributed by atoms with Gasteiger partial charge in [0.05, 0.1) is 4.90 Å². The number of hydrogen-bond acceptors (Lipinski definition) is 2. The van der Waals surface area contributed by atoms with Crippen LogP contribution < -0.4 is 4.72 Å². The van der Waals surface area contributed by atoms with Crippen LogP contribution in [0.4, 0.5) is 0 Å². The lowest BCUT2D eigenvalue weighted by Gasteiger charge is -2.07. The second kappa shape index (κ2) is 5.80. The predicted molar refractivity (Wildman–Crippen MR) is 69.0 cm³/mol. The van der Waals surface area contributed by atoms with Crippen LogP contribution in [-0.2, 0) is 10.0 Å². The van der Waals surface area contributed by atoms with Crippen LogP contribution in [0.5, 0.6) is 0 Å². The van der Waals surface area contributed by atoms with Gasteiger partial charge in [0, 0.05) is 11.0 Å². The van der Waals surface area contributed by atoms with Crippen molar-refractivity contribution >= 4 is 26.0 Å². The Bertz CT molecular complexity index is 457. The number of rotatable bonds is 5. The Hall–Kier alpha value is -0.390. The van der Waals surface area contributed by atoms with Gasteiger partial charge < -0.3 is 0 Å². The van der Waals surface area contributed by atoms with E-state index in [2.05, 4.69) is 20.7 Å². The summed E-state index contributed by atoms with van der Waals surface area (Å²) in [5.74, 6) is 0. The molecule has 5 heteroatoms. The van der Waals surface area contributed by atoms with E-state index in [1.54, 1.807) is 18.2 Å². The molecule has 90 valence electrons. The van der Waals surface area contributed by atoms with Crippen molar-refractivity contribution in [2.45, 2.75) is 31.6 Å². The van der Waals surface area contributed by atoms with Gasteiger partial charge in [-0.1, -0.05) is 35.3 Å². The summed E-state index contributed by atoms with van der Waals surface area (Å²) in [6.07, 6.45) is 1.83. The predicted octanol–water partition coefficient (Wildman–Crippen LogP) is 2.84. The van der Waals surface area contributed by atoms with E-state index in [4.69, 9.17) is 0 Å². The van der Waals surface area contributed by atoms with Crippen LogP contribution in [0.3, 0.4) is 0 Å². The van der Waals surface area contributed by atoms with Gasteiger partial charge in [-0.15, -0.1) is 0 Å². The third-order valence-corrected chi connectivity index (χ3v) is 4.59. The van der Waals surface area contributed by atoms with Gasteiger partial charge in [0.25, 0.3) is 0 Å². The highest BCUT2D eigenvalue weighted by Gasteiger charge is 2.13. The van der Waals surface area contributed by atoms with Crippen LogP contribution in [-0.4, -0.2) is 15.0 Å². The minimum absolute atomic E-state index is 0.307. The van der Waals surface area contributed by atoms with E-state index >= 15 is 0 Å². The Morgan fingerprint density at radius 2 is 2.06 bits per heavy atom. The van der Waals surface area contributed by atoms with E-state index < -0.39 is 10.0 Å². The molecule has 0 heterocycles. The molecule has 0 aliphatic carbocycles. The summed E-state index contributed by atoms with van der Waals surface area (Å²) in [5.41, 5.74) is 1.02. The molecule has 1 aromatic rings. The zero-order chi connectivity index (χ0) is 12.2. The first-order valence-electron chi connectivity index (χ1n) is 5.23. The quantitative estimate of drug-likeness (QED) is 0.850. The first kappa shape index (κ1) is 13.7. The lowest BCUT2D eigenvalue weighted by atomic mass is 10.2. The molecule has 0 atom stereocenters. The molecule has 16 heavy (non-hydrogen) atoms. The summed E-state index contributed by atoms with van der Waals surface area (Å²) in [6, 6.07) is 5.04. The summed E-state index contributed by atoms with van der Waals surface area (Å²) >= 11 is 3.33. The van der Waals surface area contributed by atoms with Gasteiger partial charge in [0.1, 0.15) is 0 Å². The van der Waals surface area contributed by atoms with Gasteiger partial charge in [-0.25, -0.2) is 13.1 Å². The standard InChI is InChI=1S/C11H16BrNO2S/c1-3-4-7-13-16(14,15)10-6-5-9(2)11(12)8-10/h5-6,8,13H,3-4,7H2,1-2H3. The molecule has 0 saturated heterocycles. The summed E-state index contributed by atoms with van der Waals surface area (Å²) in [6.45, 7) is 4.44. The lowest BCUT2D eigenvalue weighted by Crippen LogP contribution is -2.24.